The highest BCUT2D eigenvalue weighted by Crippen LogP contribution is 2.23. The first-order valence-corrected chi connectivity index (χ1v) is 8.46. The quantitative estimate of drug-likeness (QED) is 0.429. The molecular formula is C20H19ClN2O3. The lowest BCUT2D eigenvalue weighted by Gasteiger charge is -2.02. The van der Waals surface area contributed by atoms with E-state index in [2.05, 4.69) is 22.4 Å². The van der Waals surface area contributed by atoms with Crippen LogP contribution >= 0.6 is 11.6 Å². The standard InChI is InChI=1S/C20H19ClN2O3/c1-2-17(24)5-3-4-14-6-8-15(9-7-14)13-22-23-20(26)16-10-11-19(25)18(21)12-16/h6-13,17,24-25H,2,5H2,1H3,(H,23,26)/b22-13+. The van der Waals surface area contributed by atoms with Gasteiger partial charge in [0.1, 0.15) is 5.75 Å². The van der Waals surface area contributed by atoms with E-state index in [0.29, 0.717) is 18.4 Å². The molecule has 1 unspecified atom stereocenters. The van der Waals surface area contributed by atoms with Gasteiger partial charge < -0.3 is 10.2 Å². The third-order valence-electron chi connectivity index (χ3n) is 3.54. The number of rotatable bonds is 5. The van der Waals surface area contributed by atoms with E-state index in [4.69, 9.17) is 11.6 Å². The van der Waals surface area contributed by atoms with Gasteiger partial charge in [0.25, 0.3) is 5.91 Å². The summed E-state index contributed by atoms with van der Waals surface area (Å²) >= 11 is 5.77. The zero-order valence-corrected chi connectivity index (χ0v) is 15.0. The van der Waals surface area contributed by atoms with Gasteiger partial charge in [-0.2, -0.15) is 5.10 Å². The number of aromatic hydroxyl groups is 1. The second-order valence-electron chi connectivity index (χ2n) is 5.56. The zero-order valence-electron chi connectivity index (χ0n) is 14.2. The van der Waals surface area contributed by atoms with Gasteiger partial charge in [-0.1, -0.05) is 42.5 Å². The molecule has 5 nitrogen and oxygen atoms in total. The number of halogens is 1. The van der Waals surface area contributed by atoms with Crippen molar-refractivity contribution in [3.05, 3.63) is 64.2 Å². The fourth-order valence-corrected chi connectivity index (χ4v) is 2.13. The maximum absolute atomic E-state index is 11.9. The number of phenols is 1. The summed E-state index contributed by atoms with van der Waals surface area (Å²) in [7, 11) is 0. The molecule has 2 rings (SSSR count). The second-order valence-corrected chi connectivity index (χ2v) is 5.96. The van der Waals surface area contributed by atoms with Crippen molar-refractivity contribution in [1.29, 1.82) is 0 Å². The molecule has 0 heterocycles. The fourth-order valence-electron chi connectivity index (χ4n) is 1.95. The highest BCUT2D eigenvalue weighted by molar-refractivity contribution is 6.32. The van der Waals surface area contributed by atoms with E-state index in [9.17, 15) is 15.0 Å². The van der Waals surface area contributed by atoms with Crippen LogP contribution in [0.3, 0.4) is 0 Å². The van der Waals surface area contributed by atoms with Crippen LogP contribution in [0.4, 0.5) is 0 Å². The molecule has 0 saturated heterocycles. The summed E-state index contributed by atoms with van der Waals surface area (Å²) < 4.78 is 0. The van der Waals surface area contributed by atoms with Gasteiger partial charge in [0.15, 0.2) is 0 Å². The molecular weight excluding hydrogens is 352 g/mol. The van der Waals surface area contributed by atoms with E-state index in [0.717, 1.165) is 11.1 Å². The third-order valence-corrected chi connectivity index (χ3v) is 3.84. The lowest BCUT2D eigenvalue weighted by Crippen LogP contribution is -2.17. The number of nitrogens with zero attached hydrogens (tertiary/aromatic N) is 1. The molecule has 0 saturated carbocycles. The highest BCUT2D eigenvalue weighted by atomic mass is 35.5. The molecule has 1 amide bonds. The Balaban J connectivity index is 1.91. The van der Waals surface area contributed by atoms with Crippen LogP contribution in [0.15, 0.2) is 47.6 Å². The number of phenolic OH excluding ortho intramolecular Hbond substituents is 1. The van der Waals surface area contributed by atoms with Gasteiger partial charge in [-0.3, -0.25) is 4.79 Å². The molecule has 0 aliphatic carbocycles. The van der Waals surface area contributed by atoms with E-state index >= 15 is 0 Å². The Hall–Kier alpha value is -2.81. The molecule has 3 N–H and O–H groups in total. The Kier molecular flexibility index (Phi) is 7.22. The summed E-state index contributed by atoms with van der Waals surface area (Å²) in [6.45, 7) is 1.91. The largest absolute Gasteiger partial charge is 0.506 e. The molecule has 1 atom stereocenters. The summed E-state index contributed by atoms with van der Waals surface area (Å²) in [5.41, 5.74) is 4.33. The minimum absolute atomic E-state index is 0.0842. The molecule has 134 valence electrons. The number of carbonyl (C=O) groups is 1. The van der Waals surface area contributed by atoms with Crippen LogP contribution in [-0.4, -0.2) is 28.4 Å². The number of amides is 1. The molecule has 0 bridgehead atoms. The summed E-state index contributed by atoms with van der Waals surface area (Å²) in [6, 6.07) is 11.5. The third kappa shape index (κ3) is 5.92. The van der Waals surface area contributed by atoms with Crippen molar-refractivity contribution in [2.75, 3.05) is 0 Å². The number of benzene rings is 2. The van der Waals surface area contributed by atoms with Crippen LogP contribution in [0.5, 0.6) is 5.75 Å². The minimum atomic E-state index is -0.430. The SMILES string of the molecule is CCC(O)CC#Cc1ccc(/C=N/NC(=O)c2ccc(O)c(Cl)c2)cc1. The van der Waals surface area contributed by atoms with Crippen LogP contribution in [-0.2, 0) is 0 Å². The van der Waals surface area contributed by atoms with Gasteiger partial charge in [-0.25, -0.2) is 5.43 Å². The number of hydrogen-bond donors (Lipinski definition) is 3. The summed E-state index contributed by atoms with van der Waals surface area (Å²) in [5, 5.41) is 22.8. The van der Waals surface area contributed by atoms with Crippen molar-refractivity contribution in [2.24, 2.45) is 5.10 Å². The van der Waals surface area contributed by atoms with E-state index in [1.165, 1.54) is 24.4 Å². The van der Waals surface area contributed by atoms with Gasteiger partial charge in [-0.05, 0) is 42.3 Å². The lowest BCUT2D eigenvalue weighted by molar-refractivity contribution is 0.0955. The van der Waals surface area contributed by atoms with Gasteiger partial charge in [0.05, 0.1) is 17.3 Å². The predicted octanol–water partition coefficient (Wildman–Crippen LogP) is 3.32. The van der Waals surface area contributed by atoms with Crippen LogP contribution in [0.1, 0.15) is 41.3 Å². The van der Waals surface area contributed by atoms with Gasteiger partial charge in [0, 0.05) is 17.5 Å². The zero-order chi connectivity index (χ0) is 18.9. The number of hydrogen-bond acceptors (Lipinski definition) is 4. The van der Waals surface area contributed by atoms with Crippen LogP contribution in [0.2, 0.25) is 5.02 Å². The Morgan fingerprint density at radius 3 is 2.69 bits per heavy atom. The van der Waals surface area contributed by atoms with E-state index < -0.39 is 5.91 Å². The topological polar surface area (TPSA) is 81.9 Å². The van der Waals surface area contributed by atoms with Crippen LogP contribution < -0.4 is 5.43 Å². The average Bonchev–Trinajstić information content (AvgIpc) is 2.65. The van der Waals surface area contributed by atoms with E-state index in [1.54, 1.807) is 0 Å². The predicted molar refractivity (Wildman–Crippen MR) is 102 cm³/mol. The van der Waals surface area contributed by atoms with E-state index in [-0.39, 0.29) is 16.9 Å². The molecule has 2 aromatic rings. The van der Waals surface area contributed by atoms with Crippen LogP contribution in [0, 0.1) is 11.8 Å². The minimum Gasteiger partial charge on any atom is -0.506 e. The van der Waals surface area contributed by atoms with Crippen molar-refractivity contribution >= 4 is 23.7 Å². The highest BCUT2D eigenvalue weighted by Gasteiger charge is 2.07. The summed E-state index contributed by atoms with van der Waals surface area (Å²) in [6.07, 6.45) is 2.26. The monoisotopic (exact) mass is 370 g/mol. The Labute approximate surface area is 157 Å². The molecule has 2 aromatic carbocycles. The first-order chi connectivity index (χ1) is 12.5. The summed E-state index contributed by atoms with van der Waals surface area (Å²) in [4.78, 5) is 11.9. The first kappa shape index (κ1) is 19.5. The van der Waals surface area contributed by atoms with Crippen molar-refractivity contribution in [3.8, 4) is 17.6 Å². The number of nitrogens with one attached hydrogen (secondary N) is 1. The molecule has 0 aliphatic heterocycles. The smallest absolute Gasteiger partial charge is 0.271 e. The van der Waals surface area contributed by atoms with Crippen molar-refractivity contribution in [1.82, 2.24) is 5.43 Å². The van der Waals surface area contributed by atoms with Crippen LogP contribution in [0.25, 0.3) is 0 Å². The van der Waals surface area contributed by atoms with Gasteiger partial charge >= 0.3 is 0 Å². The molecule has 0 spiro atoms. The molecule has 0 fully saturated rings. The number of hydrazone groups is 1. The lowest BCUT2D eigenvalue weighted by atomic mass is 10.1. The average molecular weight is 371 g/mol. The number of aliphatic hydroxyl groups excluding tert-OH is 1. The molecule has 0 aromatic heterocycles. The Morgan fingerprint density at radius 1 is 1.31 bits per heavy atom. The Bertz CT molecular complexity index is 852. The first-order valence-electron chi connectivity index (χ1n) is 8.08. The molecule has 26 heavy (non-hydrogen) atoms. The van der Waals surface area contributed by atoms with Crippen molar-refractivity contribution in [2.45, 2.75) is 25.9 Å². The molecule has 0 aliphatic rings. The van der Waals surface area contributed by atoms with E-state index in [1.807, 2.05) is 31.2 Å². The van der Waals surface area contributed by atoms with Gasteiger partial charge in [-0.15, -0.1) is 0 Å². The summed E-state index contributed by atoms with van der Waals surface area (Å²) in [5.74, 6) is 5.41. The maximum atomic E-state index is 11.9. The Morgan fingerprint density at radius 2 is 2.04 bits per heavy atom. The number of carbonyl (C=O) groups excluding carboxylic acids is 1. The number of aliphatic hydroxyl groups is 1. The normalized spacial score (nSPS) is 11.7. The molecule has 6 heteroatoms. The molecule has 0 radical (unpaired) electrons. The van der Waals surface area contributed by atoms with Crippen molar-refractivity contribution in [3.63, 3.8) is 0 Å². The van der Waals surface area contributed by atoms with Crippen molar-refractivity contribution < 1.29 is 15.0 Å². The second kappa shape index (κ2) is 9.62. The van der Waals surface area contributed by atoms with Gasteiger partial charge in [0.2, 0.25) is 0 Å². The fraction of sp³-hybridized carbons (Fsp3) is 0.200. The maximum Gasteiger partial charge on any atom is 0.271 e.